The molecule has 0 fully saturated rings. The number of aromatic amines is 1. The van der Waals surface area contributed by atoms with Gasteiger partial charge in [0.15, 0.2) is 0 Å². The summed E-state index contributed by atoms with van der Waals surface area (Å²) >= 11 is 1.70. The molecule has 0 aliphatic rings. The van der Waals surface area contributed by atoms with E-state index >= 15 is 0 Å². The average molecular weight is 241 g/mol. The molecule has 3 rings (SSSR count). The van der Waals surface area contributed by atoms with E-state index in [9.17, 15) is 0 Å². The molecular weight excluding hydrogens is 230 g/mol. The summed E-state index contributed by atoms with van der Waals surface area (Å²) in [4.78, 5) is 14.2. The minimum absolute atomic E-state index is 1.04. The Labute approximate surface area is 103 Å². The van der Waals surface area contributed by atoms with E-state index in [0.29, 0.717) is 0 Å². The Bertz CT molecular complexity index is 734. The fourth-order valence-electron chi connectivity index (χ4n) is 1.98. The summed E-state index contributed by atoms with van der Waals surface area (Å²) in [6.45, 7) is 5.69. The quantitative estimate of drug-likeness (QED) is 0.684. The maximum absolute atomic E-state index is 4.43. The second-order valence-electron chi connectivity index (χ2n) is 3.78. The average Bonchev–Trinajstić information content (AvgIpc) is 2.84. The minimum atomic E-state index is 1.04. The zero-order chi connectivity index (χ0) is 11.8. The van der Waals surface area contributed by atoms with Gasteiger partial charge in [-0.2, -0.15) is 0 Å². The molecule has 84 valence electrons. The predicted molar refractivity (Wildman–Crippen MR) is 74.0 cm³/mol. The molecule has 0 aliphatic heterocycles. The van der Waals surface area contributed by atoms with Crippen LogP contribution in [0.1, 0.15) is 10.4 Å². The second-order valence-corrected chi connectivity index (χ2v) is 4.83. The van der Waals surface area contributed by atoms with Gasteiger partial charge in [-0.15, -0.1) is 11.3 Å². The van der Waals surface area contributed by atoms with Gasteiger partial charge in [-0.1, -0.05) is 6.58 Å². The number of fused-ring (bicyclic) bond motifs is 3. The summed E-state index contributed by atoms with van der Waals surface area (Å²) in [7, 11) is 0. The molecule has 4 heteroatoms. The molecule has 0 saturated heterocycles. The van der Waals surface area contributed by atoms with E-state index in [2.05, 4.69) is 28.5 Å². The van der Waals surface area contributed by atoms with Crippen LogP contribution < -0.4 is 0 Å². The van der Waals surface area contributed by atoms with Crippen LogP contribution >= 0.6 is 11.3 Å². The van der Waals surface area contributed by atoms with Gasteiger partial charge in [-0.25, -0.2) is 0 Å². The number of aryl methyl sites for hydroxylation is 1. The molecule has 0 amide bonds. The first-order chi connectivity index (χ1) is 8.31. The number of rotatable bonds is 2. The minimum Gasteiger partial charge on any atom is -0.345 e. The largest absolute Gasteiger partial charge is 0.345 e. The number of aliphatic imine (C=N–C) groups is 1. The highest BCUT2D eigenvalue weighted by Crippen LogP contribution is 2.34. The summed E-state index contributed by atoms with van der Waals surface area (Å²) in [5.41, 5.74) is 3.35. The monoisotopic (exact) mass is 241 g/mol. The van der Waals surface area contributed by atoms with Crippen molar-refractivity contribution in [3.8, 4) is 0 Å². The number of pyridine rings is 1. The van der Waals surface area contributed by atoms with Gasteiger partial charge in [0.05, 0.1) is 15.9 Å². The maximum atomic E-state index is 4.43. The van der Waals surface area contributed by atoms with Crippen LogP contribution in [-0.2, 0) is 0 Å². The van der Waals surface area contributed by atoms with E-state index in [0.717, 1.165) is 20.7 Å². The molecule has 3 aromatic heterocycles. The third kappa shape index (κ3) is 1.49. The third-order valence-electron chi connectivity index (χ3n) is 2.77. The molecule has 0 aliphatic carbocycles. The Morgan fingerprint density at radius 3 is 3.24 bits per heavy atom. The molecule has 0 saturated carbocycles. The highest BCUT2D eigenvalue weighted by atomic mass is 32.1. The first-order valence-electron chi connectivity index (χ1n) is 5.31. The summed E-state index contributed by atoms with van der Waals surface area (Å²) in [5.74, 6) is 0. The third-order valence-corrected chi connectivity index (χ3v) is 3.92. The van der Waals surface area contributed by atoms with E-state index in [1.807, 2.05) is 24.5 Å². The molecule has 3 nitrogen and oxygen atoms in total. The van der Waals surface area contributed by atoms with Gasteiger partial charge in [0.2, 0.25) is 0 Å². The van der Waals surface area contributed by atoms with Crippen LogP contribution in [0.15, 0.2) is 36.1 Å². The van der Waals surface area contributed by atoms with Crippen LogP contribution in [-0.4, -0.2) is 16.2 Å². The second kappa shape index (κ2) is 3.82. The fourth-order valence-corrected chi connectivity index (χ4v) is 3.08. The summed E-state index contributed by atoms with van der Waals surface area (Å²) in [5, 5.41) is 1.20. The Balaban J connectivity index is 2.35. The molecule has 17 heavy (non-hydrogen) atoms. The highest BCUT2D eigenvalue weighted by Gasteiger charge is 2.13. The van der Waals surface area contributed by atoms with Crippen molar-refractivity contribution in [3.05, 3.63) is 41.5 Å². The van der Waals surface area contributed by atoms with Crippen molar-refractivity contribution in [1.29, 1.82) is 0 Å². The van der Waals surface area contributed by atoms with Gasteiger partial charge in [-0.05, 0) is 24.6 Å². The Morgan fingerprint density at radius 1 is 1.53 bits per heavy atom. The first-order valence-corrected chi connectivity index (χ1v) is 6.13. The fraction of sp³-hybridized carbons (Fsp3) is 0.0769. The molecule has 0 aromatic carbocycles. The smallest absolute Gasteiger partial charge is 0.103 e. The number of nitrogens with zero attached hydrogens (tertiary/aromatic N) is 2. The number of hydrogen-bond acceptors (Lipinski definition) is 3. The van der Waals surface area contributed by atoms with Gasteiger partial charge in [0.1, 0.15) is 4.83 Å². The van der Waals surface area contributed by atoms with Crippen LogP contribution in [0.25, 0.3) is 21.3 Å². The summed E-state index contributed by atoms with van der Waals surface area (Å²) in [6.07, 6.45) is 5.21. The van der Waals surface area contributed by atoms with Crippen molar-refractivity contribution < 1.29 is 0 Å². The van der Waals surface area contributed by atoms with Crippen molar-refractivity contribution in [1.82, 2.24) is 9.97 Å². The lowest BCUT2D eigenvalue weighted by Crippen LogP contribution is -1.79. The van der Waals surface area contributed by atoms with E-state index in [4.69, 9.17) is 0 Å². The Morgan fingerprint density at radius 2 is 2.41 bits per heavy atom. The Kier molecular flexibility index (Phi) is 2.30. The predicted octanol–water partition coefficient (Wildman–Crippen LogP) is 3.65. The van der Waals surface area contributed by atoms with Crippen LogP contribution in [0.5, 0.6) is 0 Å². The number of thiophene rings is 1. The van der Waals surface area contributed by atoms with Gasteiger partial charge in [-0.3, -0.25) is 9.98 Å². The van der Waals surface area contributed by atoms with Crippen molar-refractivity contribution in [2.24, 2.45) is 4.99 Å². The van der Waals surface area contributed by atoms with Gasteiger partial charge < -0.3 is 4.98 Å². The molecule has 0 radical (unpaired) electrons. The van der Waals surface area contributed by atoms with E-state index < -0.39 is 0 Å². The van der Waals surface area contributed by atoms with Crippen molar-refractivity contribution in [2.45, 2.75) is 6.92 Å². The molecule has 0 bridgehead atoms. The number of nitrogens with one attached hydrogen (secondary N) is 1. The lowest BCUT2D eigenvalue weighted by atomic mass is 10.2. The lowest BCUT2D eigenvalue weighted by Gasteiger charge is -1.91. The molecule has 0 unspecified atom stereocenters. The van der Waals surface area contributed by atoms with Crippen molar-refractivity contribution >= 4 is 38.8 Å². The number of aromatic nitrogens is 2. The Hall–Kier alpha value is -1.94. The number of H-pyrrole nitrogens is 1. The van der Waals surface area contributed by atoms with E-state index in [1.165, 1.54) is 10.9 Å². The van der Waals surface area contributed by atoms with Crippen molar-refractivity contribution in [3.63, 3.8) is 0 Å². The molecular formula is C13H11N3S. The van der Waals surface area contributed by atoms with Crippen LogP contribution in [0.3, 0.4) is 0 Å². The van der Waals surface area contributed by atoms with Crippen molar-refractivity contribution in [2.75, 3.05) is 0 Å². The maximum Gasteiger partial charge on any atom is 0.103 e. The first kappa shape index (κ1) is 10.2. The van der Waals surface area contributed by atoms with Gasteiger partial charge in [0.25, 0.3) is 0 Å². The van der Waals surface area contributed by atoms with Crippen LogP contribution in [0, 0.1) is 6.92 Å². The van der Waals surface area contributed by atoms with Gasteiger partial charge in [0, 0.05) is 24.0 Å². The summed E-state index contributed by atoms with van der Waals surface area (Å²) in [6, 6.07) is 3.99. The topological polar surface area (TPSA) is 41.0 Å². The number of hydrogen-bond donors (Lipinski definition) is 1. The standard InChI is InChI=1S/C13H11N3S/c1-3-14-7-10-8(2)11-12-9(5-4-6-15-12)16-13(11)17-10/h3-7,16H,1H2,2H3. The molecule has 3 heterocycles. The molecule has 1 N–H and O–H groups in total. The van der Waals surface area contributed by atoms with Crippen LogP contribution in [0.2, 0.25) is 0 Å². The lowest BCUT2D eigenvalue weighted by molar-refractivity contribution is 1.41. The summed E-state index contributed by atoms with van der Waals surface area (Å²) < 4.78 is 0. The molecule has 3 aromatic rings. The normalized spacial score (nSPS) is 11.8. The SMILES string of the molecule is C=CN=Cc1sc2[nH]c3cccnc3c2c1C. The van der Waals surface area contributed by atoms with Crippen LogP contribution in [0.4, 0.5) is 0 Å². The highest BCUT2D eigenvalue weighted by molar-refractivity contribution is 7.20. The van der Waals surface area contributed by atoms with Gasteiger partial charge >= 0.3 is 0 Å². The molecule has 0 spiro atoms. The van der Waals surface area contributed by atoms with E-state index in [1.54, 1.807) is 17.5 Å². The van der Waals surface area contributed by atoms with E-state index in [-0.39, 0.29) is 0 Å². The zero-order valence-corrected chi connectivity index (χ0v) is 10.2. The zero-order valence-electron chi connectivity index (χ0n) is 9.40. The molecule has 0 atom stereocenters.